The summed E-state index contributed by atoms with van der Waals surface area (Å²) in [4.78, 5) is 37.9. The number of thiocarbonyl (C=S) groups is 1. The van der Waals surface area contributed by atoms with E-state index in [1.807, 2.05) is 32.9 Å². The molecule has 2 aliphatic heterocycles. The van der Waals surface area contributed by atoms with E-state index in [0.717, 1.165) is 11.3 Å². The molecule has 10 heteroatoms. The first-order valence-electron chi connectivity index (χ1n) is 11.8. The van der Waals surface area contributed by atoms with Crippen LogP contribution in [0, 0.1) is 12.7 Å². The molecule has 36 heavy (non-hydrogen) atoms. The van der Waals surface area contributed by atoms with Gasteiger partial charge >= 0.3 is 0 Å². The quantitative estimate of drug-likeness (QED) is 0.377. The normalized spacial score (nSPS) is 17.8. The fourth-order valence-corrected chi connectivity index (χ4v) is 6.06. The number of hydrogen-bond acceptors (Lipinski definition) is 7. The van der Waals surface area contributed by atoms with Gasteiger partial charge in [0.15, 0.2) is 0 Å². The van der Waals surface area contributed by atoms with E-state index >= 15 is 0 Å². The van der Waals surface area contributed by atoms with E-state index < -0.39 is 0 Å². The summed E-state index contributed by atoms with van der Waals surface area (Å²) in [5.74, 6) is 0.102. The molecule has 186 valence electrons. The van der Waals surface area contributed by atoms with Crippen LogP contribution in [0.4, 0.5) is 15.9 Å². The highest BCUT2D eigenvalue weighted by atomic mass is 32.2. The predicted molar refractivity (Wildman–Crippen MR) is 147 cm³/mol. The van der Waals surface area contributed by atoms with Crippen LogP contribution >= 0.6 is 24.0 Å². The van der Waals surface area contributed by atoms with Crippen molar-refractivity contribution in [2.24, 2.45) is 0 Å². The van der Waals surface area contributed by atoms with Crippen LogP contribution in [0.5, 0.6) is 0 Å². The highest BCUT2D eigenvalue weighted by molar-refractivity contribution is 8.26. The Morgan fingerprint density at radius 3 is 2.36 bits per heavy atom. The van der Waals surface area contributed by atoms with Gasteiger partial charge in [0.2, 0.25) is 0 Å². The summed E-state index contributed by atoms with van der Waals surface area (Å²) in [5, 5.41) is 0. The SMILES string of the molecule is Cc1cccn2c(=O)c(/C=C3/SC(=S)N(C(C)C)C3=O)c(N3CCN(c4ccc(F)cc4)CC3)nc12. The largest absolute Gasteiger partial charge is 0.368 e. The molecule has 4 heterocycles. The van der Waals surface area contributed by atoms with E-state index in [-0.39, 0.29) is 23.3 Å². The van der Waals surface area contributed by atoms with Gasteiger partial charge in [0.1, 0.15) is 21.6 Å². The molecular formula is C26H26FN5O2S2. The Morgan fingerprint density at radius 1 is 1.06 bits per heavy atom. The first kappa shape index (κ1) is 24.5. The smallest absolute Gasteiger partial charge is 0.267 e. The molecule has 3 aromatic rings. The maximum Gasteiger partial charge on any atom is 0.267 e. The van der Waals surface area contributed by atoms with E-state index in [2.05, 4.69) is 9.80 Å². The minimum absolute atomic E-state index is 0.0686. The summed E-state index contributed by atoms with van der Waals surface area (Å²) in [6.07, 6.45) is 3.35. The maximum atomic E-state index is 13.7. The number of halogens is 1. The third kappa shape index (κ3) is 4.39. The number of anilines is 2. The zero-order valence-corrected chi connectivity index (χ0v) is 21.9. The van der Waals surface area contributed by atoms with Gasteiger partial charge in [-0.25, -0.2) is 9.37 Å². The van der Waals surface area contributed by atoms with Gasteiger partial charge < -0.3 is 9.80 Å². The summed E-state index contributed by atoms with van der Waals surface area (Å²) in [6, 6.07) is 10.1. The lowest BCUT2D eigenvalue weighted by atomic mass is 10.2. The van der Waals surface area contributed by atoms with Crippen molar-refractivity contribution in [1.82, 2.24) is 14.3 Å². The first-order valence-corrected chi connectivity index (χ1v) is 13.0. The van der Waals surface area contributed by atoms with Crippen LogP contribution in [0.2, 0.25) is 0 Å². The van der Waals surface area contributed by atoms with Gasteiger partial charge in [-0.1, -0.05) is 30.0 Å². The topological polar surface area (TPSA) is 61.2 Å². The van der Waals surface area contributed by atoms with Crippen molar-refractivity contribution < 1.29 is 9.18 Å². The third-order valence-corrected chi connectivity index (χ3v) is 7.78. The molecule has 0 saturated carbocycles. The summed E-state index contributed by atoms with van der Waals surface area (Å²) in [6.45, 7) is 8.37. The number of carbonyl (C=O) groups excluding carboxylic acids is 1. The number of fused-ring (bicyclic) bond motifs is 1. The number of nitrogens with zero attached hydrogens (tertiary/aromatic N) is 5. The van der Waals surface area contributed by atoms with Crippen molar-refractivity contribution in [3.63, 3.8) is 0 Å². The van der Waals surface area contributed by atoms with Crippen molar-refractivity contribution in [3.05, 3.63) is 74.8 Å². The number of aryl methyl sites for hydroxylation is 1. The van der Waals surface area contributed by atoms with Crippen LogP contribution in [0.1, 0.15) is 25.0 Å². The lowest BCUT2D eigenvalue weighted by Crippen LogP contribution is -2.47. The molecule has 0 atom stereocenters. The van der Waals surface area contributed by atoms with Crippen LogP contribution < -0.4 is 15.4 Å². The highest BCUT2D eigenvalue weighted by Gasteiger charge is 2.34. The number of aromatic nitrogens is 2. The Hall–Kier alpha value is -3.24. The second kappa shape index (κ2) is 9.67. The van der Waals surface area contributed by atoms with Gasteiger partial charge in [-0.3, -0.25) is 18.9 Å². The van der Waals surface area contributed by atoms with E-state index in [9.17, 15) is 14.0 Å². The zero-order chi connectivity index (χ0) is 25.6. The monoisotopic (exact) mass is 523 g/mol. The van der Waals surface area contributed by atoms with Gasteiger partial charge in [-0.05, 0) is 62.7 Å². The molecule has 0 spiro atoms. The Kier molecular flexibility index (Phi) is 6.57. The second-order valence-electron chi connectivity index (χ2n) is 9.14. The molecule has 0 radical (unpaired) electrons. The molecule has 2 aromatic heterocycles. The second-order valence-corrected chi connectivity index (χ2v) is 10.8. The van der Waals surface area contributed by atoms with E-state index in [0.29, 0.717) is 52.4 Å². The molecule has 2 aliphatic rings. The van der Waals surface area contributed by atoms with Gasteiger partial charge in [0.25, 0.3) is 11.5 Å². The fraction of sp³-hybridized carbons (Fsp3) is 0.308. The number of piperazine rings is 1. The minimum Gasteiger partial charge on any atom is -0.368 e. The standard InChI is InChI=1S/C26H26FN5O2S2/c1-16(2)32-25(34)21(36-26(32)35)15-20-23(28-22-17(3)5-4-10-31(22)24(20)33)30-13-11-29(12-14-30)19-8-6-18(27)7-9-19/h4-10,15-16H,11-14H2,1-3H3/b21-15+. The molecule has 0 bridgehead atoms. The summed E-state index contributed by atoms with van der Waals surface area (Å²) >= 11 is 6.64. The van der Waals surface area contributed by atoms with Crippen LogP contribution in [0.15, 0.2) is 52.3 Å². The van der Waals surface area contributed by atoms with Crippen LogP contribution in [0.25, 0.3) is 11.7 Å². The maximum absolute atomic E-state index is 13.7. The van der Waals surface area contributed by atoms with E-state index in [1.165, 1.54) is 28.3 Å². The van der Waals surface area contributed by atoms with Crippen molar-refractivity contribution in [3.8, 4) is 0 Å². The molecule has 0 N–H and O–H groups in total. The van der Waals surface area contributed by atoms with Crippen LogP contribution in [-0.2, 0) is 4.79 Å². The number of pyridine rings is 1. The summed E-state index contributed by atoms with van der Waals surface area (Å²) in [5.41, 5.74) is 2.58. The zero-order valence-electron chi connectivity index (χ0n) is 20.3. The van der Waals surface area contributed by atoms with E-state index in [1.54, 1.807) is 29.3 Å². The number of hydrogen-bond donors (Lipinski definition) is 0. The Balaban J connectivity index is 1.55. The highest BCUT2D eigenvalue weighted by Crippen LogP contribution is 2.35. The Bertz CT molecular complexity index is 1440. The number of benzene rings is 1. The average Bonchev–Trinajstić information content (AvgIpc) is 3.14. The Labute approximate surface area is 218 Å². The lowest BCUT2D eigenvalue weighted by Gasteiger charge is -2.37. The number of carbonyl (C=O) groups is 1. The molecule has 7 nitrogen and oxygen atoms in total. The average molecular weight is 524 g/mol. The van der Waals surface area contributed by atoms with Crippen molar-refractivity contribution in [2.75, 3.05) is 36.0 Å². The molecular weight excluding hydrogens is 497 g/mol. The van der Waals surface area contributed by atoms with Crippen LogP contribution in [0.3, 0.4) is 0 Å². The molecule has 2 fully saturated rings. The summed E-state index contributed by atoms with van der Waals surface area (Å²) < 4.78 is 15.4. The molecule has 0 unspecified atom stereocenters. The van der Waals surface area contributed by atoms with Gasteiger partial charge in [0.05, 0.1) is 10.5 Å². The first-order chi connectivity index (χ1) is 17.2. The van der Waals surface area contributed by atoms with Crippen LogP contribution in [-0.4, -0.2) is 56.7 Å². The Morgan fingerprint density at radius 2 is 1.72 bits per heavy atom. The molecule has 2 saturated heterocycles. The predicted octanol–water partition coefficient (Wildman–Crippen LogP) is 4.08. The van der Waals surface area contributed by atoms with Crippen molar-refractivity contribution in [2.45, 2.75) is 26.8 Å². The molecule has 1 amide bonds. The van der Waals surface area contributed by atoms with Gasteiger partial charge in [-0.2, -0.15) is 0 Å². The van der Waals surface area contributed by atoms with Gasteiger partial charge in [-0.15, -0.1) is 0 Å². The number of thioether (sulfide) groups is 1. The molecule has 0 aliphatic carbocycles. The molecule has 1 aromatic carbocycles. The third-order valence-electron chi connectivity index (χ3n) is 6.45. The number of amides is 1. The lowest BCUT2D eigenvalue weighted by molar-refractivity contribution is -0.123. The summed E-state index contributed by atoms with van der Waals surface area (Å²) in [7, 11) is 0. The molecule has 5 rings (SSSR count). The van der Waals surface area contributed by atoms with Gasteiger partial charge in [0, 0.05) is 44.1 Å². The van der Waals surface area contributed by atoms with Crippen molar-refractivity contribution in [1.29, 1.82) is 0 Å². The van der Waals surface area contributed by atoms with Crippen molar-refractivity contribution >= 4 is 57.4 Å². The number of rotatable bonds is 4. The minimum atomic E-state index is -0.263. The fourth-order valence-electron chi connectivity index (χ4n) is 4.55. The van der Waals surface area contributed by atoms with E-state index in [4.69, 9.17) is 17.2 Å².